The van der Waals surface area contributed by atoms with E-state index in [2.05, 4.69) is 56.8 Å². The molecular weight excluding hydrogens is 288 g/mol. The van der Waals surface area contributed by atoms with E-state index in [-0.39, 0.29) is 6.04 Å². The SMILES string of the molecule is Brc1cccc(C2CC(c3ccccc3)=NN2)c1. The quantitative estimate of drug-likeness (QED) is 0.894. The smallest absolute Gasteiger partial charge is 0.0746 e. The van der Waals surface area contributed by atoms with Gasteiger partial charge in [-0.3, -0.25) is 0 Å². The molecule has 1 aliphatic heterocycles. The highest BCUT2D eigenvalue weighted by Crippen LogP contribution is 2.26. The second-order valence-electron chi connectivity index (χ2n) is 4.37. The first-order valence-corrected chi connectivity index (χ1v) is 6.75. The van der Waals surface area contributed by atoms with Crippen LogP contribution in [0, 0.1) is 0 Å². The zero-order chi connectivity index (χ0) is 12.4. The van der Waals surface area contributed by atoms with Crippen molar-refractivity contribution >= 4 is 21.6 Å². The van der Waals surface area contributed by atoms with Crippen LogP contribution >= 0.6 is 15.9 Å². The fourth-order valence-electron chi connectivity index (χ4n) is 2.17. The fraction of sp³-hybridized carbons (Fsp3) is 0.133. The minimum absolute atomic E-state index is 0.276. The van der Waals surface area contributed by atoms with Crippen LogP contribution in [0.1, 0.15) is 23.6 Å². The lowest BCUT2D eigenvalue weighted by atomic mass is 9.99. The summed E-state index contributed by atoms with van der Waals surface area (Å²) in [6, 6.07) is 19.0. The van der Waals surface area contributed by atoms with Crippen molar-refractivity contribution in [1.29, 1.82) is 0 Å². The molecular formula is C15H13BrN2. The van der Waals surface area contributed by atoms with Crippen LogP contribution in [0.3, 0.4) is 0 Å². The average molecular weight is 301 g/mol. The van der Waals surface area contributed by atoms with Gasteiger partial charge >= 0.3 is 0 Å². The summed E-state index contributed by atoms with van der Waals surface area (Å²) in [7, 11) is 0. The maximum Gasteiger partial charge on any atom is 0.0746 e. The number of nitrogens with zero attached hydrogens (tertiary/aromatic N) is 1. The van der Waals surface area contributed by atoms with Crippen LogP contribution < -0.4 is 5.43 Å². The normalized spacial score (nSPS) is 18.3. The van der Waals surface area contributed by atoms with Crippen LogP contribution in [0.4, 0.5) is 0 Å². The molecule has 90 valence electrons. The zero-order valence-corrected chi connectivity index (χ0v) is 11.4. The molecule has 3 rings (SSSR count). The van der Waals surface area contributed by atoms with Crippen LogP contribution in [0.15, 0.2) is 64.2 Å². The fourth-order valence-corrected chi connectivity index (χ4v) is 2.59. The molecule has 0 bridgehead atoms. The van der Waals surface area contributed by atoms with Crippen molar-refractivity contribution in [3.05, 3.63) is 70.2 Å². The summed E-state index contributed by atoms with van der Waals surface area (Å²) in [5, 5.41) is 4.44. The number of halogens is 1. The first-order chi connectivity index (χ1) is 8.83. The lowest BCUT2D eigenvalue weighted by molar-refractivity contribution is 0.620. The second-order valence-corrected chi connectivity index (χ2v) is 5.28. The third-order valence-corrected chi connectivity index (χ3v) is 3.60. The largest absolute Gasteiger partial charge is 0.302 e. The molecule has 0 aromatic heterocycles. The van der Waals surface area contributed by atoms with E-state index >= 15 is 0 Å². The monoisotopic (exact) mass is 300 g/mol. The molecule has 0 fully saturated rings. The predicted octanol–water partition coefficient (Wildman–Crippen LogP) is 3.89. The van der Waals surface area contributed by atoms with Gasteiger partial charge in [-0.2, -0.15) is 5.10 Å². The molecule has 0 amide bonds. The van der Waals surface area contributed by atoms with Gasteiger partial charge in [-0.25, -0.2) is 0 Å². The van der Waals surface area contributed by atoms with E-state index in [1.165, 1.54) is 11.1 Å². The number of hydrogen-bond donors (Lipinski definition) is 1. The summed E-state index contributed by atoms with van der Waals surface area (Å²) >= 11 is 3.50. The highest BCUT2D eigenvalue weighted by Gasteiger charge is 2.20. The molecule has 0 spiro atoms. The van der Waals surface area contributed by atoms with Crippen molar-refractivity contribution in [3.63, 3.8) is 0 Å². The van der Waals surface area contributed by atoms with Gasteiger partial charge in [0.1, 0.15) is 0 Å². The van der Waals surface area contributed by atoms with Crippen LogP contribution in [0.5, 0.6) is 0 Å². The van der Waals surface area contributed by atoms with Gasteiger partial charge in [-0.1, -0.05) is 58.4 Å². The molecule has 2 nitrogen and oxygen atoms in total. The van der Waals surface area contributed by atoms with Gasteiger partial charge in [-0.05, 0) is 23.3 Å². The zero-order valence-electron chi connectivity index (χ0n) is 9.81. The van der Waals surface area contributed by atoms with Crippen molar-refractivity contribution in [1.82, 2.24) is 5.43 Å². The summed E-state index contributed by atoms with van der Waals surface area (Å²) in [5.74, 6) is 0. The Bertz CT molecular complexity index is 578. The van der Waals surface area contributed by atoms with E-state index in [1.54, 1.807) is 0 Å². The molecule has 0 radical (unpaired) electrons. The maximum atomic E-state index is 4.44. The lowest BCUT2D eigenvalue weighted by Gasteiger charge is -2.10. The highest BCUT2D eigenvalue weighted by atomic mass is 79.9. The Morgan fingerprint density at radius 2 is 1.89 bits per heavy atom. The second kappa shape index (κ2) is 4.94. The molecule has 3 heteroatoms. The van der Waals surface area contributed by atoms with E-state index in [0.717, 1.165) is 16.6 Å². The van der Waals surface area contributed by atoms with Gasteiger partial charge in [0.25, 0.3) is 0 Å². The topological polar surface area (TPSA) is 24.4 Å². The van der Waals surface area contributed by atoms with Gasteiger partial charge < -0.3 is 5.43 Å². The summed E-state index contributed by atoms with van der Waals surface area (Å²) in [6.45, 7) is 0. The third-order valence-electron chi connectivity index (χ3n) is 3.11. The maximum absolute atomic E-state index is 4.44. The Morgan fingerprint density at radius 1 is 1.06 bits per heavy atom. The Balaban J connectivity index is 1.79. The minimum Gasteiger partial charge on any atom is -0.302 e. The van der Waals surface area contributed by atoms with Gasteiger partial charge in [0.15, 0.2) is 0 Å². The van der Waals surface area contributed by atoms with Gasteiger partial charge in [0.05, 0.1) is 11.8 Å². The molecule has 2 aromatic carbocycles. The molecule has 0 saturated carbocycles. The van der Waals surface area contributed by atoms with E-state index < -0.39 is 0 Å². The molecule has 1 unspecified atom stereocenters. The van der Waals surface area contributed by atoms with E-state index in [4.69, 9.17) is 0 Å². The Labute approximate surface area is 115 Å². The molecule has 18 heavy (non-hydrogen) atoms. The van der Waals surface area contributed by atoms with Gasteiger partial charge in [0, 0.05) is 10.9 Å². The standard InChI is InChI=1S/C15H13BrN2/c16-13-8-4-7-12(9-13)15-10-14(17-18-15)11-5-2-1-3-6-11/h1-9,15,18H,10H2. The lowest BCUT2D eigenvalue weighted by Crippen LogP contribution is -2.09. The number of hydrogen-bond acceptors (Lipinski definition) is 2. The highest BCUT2D eigenvalue weighted by molar-refractivity contribution is 9.10. The molecule has 2 aromatic rings. The summed E-state index contributed by atoms with van der Waals surface area (Å²) in [6.07, 6.45) is 0.931. The number of benzene rings is 2. The van der Waals surface area contributed by atoms with E-state index in [9.17, 15) is 0 Å². The summed E-state index contributed by atoms with van der Waals surface area (Å²) in [5.41, 5.74) is 6.80. The average Bonchev–Trinajstić information content (AvgIpc) is 2.89. The van der Waals surface area contributed by atoms with Crippen molar-refractivity contribution in [2.75, 3.05) is 0 Å². The molecule has 1 heterocycles. The Hall–Kier alpha value is -1.61. The van der Waals surface area contributed by atoms with Crippen molar-refractivity contribution < 1.29 is 0 Å². The Morgan fingerprint density at radius 3 is 2.67 bits per heavy atom. The molecule has 1 N–H and O–H groups in total. The van der Waals surface area contributed by atoms with Crippen LogP contribution in [0.2, 0.25) is 0 Å². The van der Waals surface area contributed by atoms with E-state index in [1.807, 2.05) is 24.3 Å². The molecule has 0 saturated heterocycles. The van der Waals surface area contributed by atoms with Gasteiger partial charge in [0.2, 0.25) is 0 Å². The van der Waals surface area contributed by atoms with Crippen LogP contribution in [-0.2, 0) is 0 Å². The van der Waals surface area contributed by atoms with Crippen molar-refractivity contribution in [3.8, 4) is 0 Å². The molecule has 1 aliphatic rings. The van der Waals surface area contributed by atoms with Crippen LogP contribution in [0.25, 0.3) is 0 Å². The van der Waals surface area contributed by atoms with Gasteiger partial charge in [-0.15, -0.1) is 0 Å². The van der Waals surface area contributed by atoms with Crippen molar-refractivity contribution in [2.45, 2.75) is 12.5 Å². The number of nitrogens with one attached hydrogen (secondary N) is 1. The van der Waals surface area contributed by atoms with Crippen LogP contribution in [-0.4, -0.2) is 5.71 Å². The first kappa shape index (κ1) is 11.5. The van der Waals surface area contributed by atoms with E-state index in [0.29, 0.717) is 0 Å². The summed E-state index contributed by atoms with van der Waals surface area (Å²) < 4.78 is 1.11. The minimum atomic E-state index is 0.276. The predicted molar refractivity (Wildman–Crippen MR) is 77.6 cm³/mol. The molecule has 0 aliphatic carbocycles. The number of hydrazone groups is 1. The van der Waals surface area contributed by atoms with Crippen molar-refractivity contribution in [2.24, 2.45) is 5.10 Å². The third kappa shape index (κ3) is 2.31. The summed E-state index contributed by atoms with van der Waals surface area (Å²) in [4.78, 5) is 0. The molecule has 1 atom stereocenters. The first-order valence-electron chi connectivity index (χ1n) is 5.96. The number of rotatable bonds is 2. The Kier molecular flexibility index (Phi) is 3.15.